The fourth-order valence-electron chi connectivity index (χ4n) is 1.71. The van der Waals surface area contributed by atoms with E-state index in [9.17, 15) is 4.39 Å². The molecular formula is C13H13FN2. The van der Waals surface area contributed by atoms with Crippen molar-refractivity contribution in [2.75, 3.05) is 7.05 Å². The van der Waals surface area contributed by atoms with Gasteiger partial charge in [-0.1, -0.05) is 6.07 Å². The molecule has 1 aromatic carbocycles. The summed E-state index contributed by atoms with van der Waals surface area (Å²) in [5.74, 6) is -0.206. The van der Waals surface area contributed by atoms with Crippen LogP contribution in [-0.2, 0) is 6.54 Å². The van der Waals surface area contributed by atoms with Crippen LogP contribution < -0.4 is 5.32 Å². The standard InChI is InChI=1S/C13H13FN2/c1-15-9-11-8-12(14)2-3-13(11)10-4-6-16-7-5-10/h2-8,15H,9H2,1H3. The molecule has 1 heterocycles. The Morgan fingerprint density at radius 3 is 2.62 bits per heavy atom. The van der Waals surface area contributed by atoms with Crippen LogP contribution in [0.2, 0.25) is 0 Å². The molecule has 1 N–H and O–H groups in total. The zero-order valence-electron chi connectivity index (χ0n) is 9.07. The lowest BCUT2D eigenvalue weighted by atomic mass is 10.0. The van der Waals surface area contributed by atoms with Crippen LogP contribution >= 0.6 is 0 Å². The van der Waals surface area contributed by atoms with Gasteiger partial charge in [-0.05, 0) is 48.0 Å². The summed E-state index contributed by atoms with van der Waals surface area (Å²) >= 11 is 0. The van der Waals surface area contributed by atoms with Crippen molar-refractivity contribution in [3.63, 3.8) is 0 Å². The van der Waals surface area contributed by atoms with Gasteiger partial charge in [-0.15, -0.1) is 0 Å². The van der Waals surface area contributed by atoms with Crippen LogP contribution in [0, 0.1) is 5.82 Å². The van der Waals surface area contributed by atoms with Crippen molar-refractivity contribution in [3.8, 4) is 11.1 Å². The molecule has 1 aromatic heterocycles. The number of hydrogen-bond donors (Lipinski definition) is 1. The molecule has 0 fully saturated rings. The van der Waals surface area contributed by atoms with E-state index in [0.717, 1.165) is 16.7 Å². The van der Waals surface area contributed by atoms with Crippen molar-refractivity contribution in [1.29, 1.82) is 0 Å². The molecule has 0 bridgehead atoms. The van der Waals surface area contributed by atoms with Crippen LogP contribution in [-0.4, -0.2) is 12.0 Å². The molecule has 0 aliphatic rings. The van der Waals surface area contributed by atoms with Gasteiger partial charge in [0.05, 0.1) is 0 Å². The summed E-state index contributed by atoms with van der Waals surface area (Å²) in [6.07, 6.45) is 3.48. The largest absolute Gasteiger partial charge is 0.316 e. The summed E-state index contributed by atoms with van der Waals surface area (Å²) < 4.78 is 13.1. The summed E-state index contributed by atoms with van der Waals surface area (Å²) in [6, 6.07) is 8.69. The highest BCUT2D eigenvalue weighted by Crippen LogP contribution is 2.23. The van der Waals surface area contributed by atoms with Crippen molar-refractivity contribution in [3.05, 3.63) is 54.1 Å². The maximum absolute atomic E-state index is 13.1. The molecule has 0 saturated heterocycles. The average molecular weight is 216 g/mol. The summed E-state index contributed by atoms with van der Waals surface area (Å²) in [4.78, 5) is 3.97. The minimum absolute atomic E-state index is 0.206. The van der Waals surface area contributed by atoms with Crippen molar-refractivity contribution in [2.45, 2.75) is 6.54 Å². The lowest BCUT2D eigenvalue weighted by Gasteiger charge is -2.09. The summed E-state index contributed by atoms with van der Waals surface area (Å²) in [6.45, 7) is 0.648. The van der Waals surface area contributed by atoms with Crippen LogP contribution in [0.4, 0.5) is 4.39 Å². The highest BCUT2D eigenvalue weighted by atomic mass is 19.1. The van der Waals surface area contributed by atoms with Gasteiger partial charge in [-0.3, -0.25) is 4.98 Å². The number of aromatic nitrogens is 1. The van der Waals surface area contributed by atoms with Gasteiger partial charge >= 0.3 is 0 Å². The Morgan fingerprint density at radius 2 is 1.94 bits per heavy atom. The molecule has 0 aliphatic carbocycles. The van der Waals surface area contributed by atoms with E-state index in [2.05, 4.69) is 10.3 Å². The second-order valence-electron chi connectivity index (χ2n) is 3.57. The Labute approximate surface area is 94.2 Å². The second-order valence-corrected chi connectivity index (χ2v) is 3.57. The first-order valence-corrected chi connectivity index (χ1v) is 5.14. The molecule has 0 spiro atoms. The van der Waals surface area contributed by atoms with Gasteiger partial charge in [-0.2, -0.15) is 0 Å². The number of hydrogen-bond acceptors (Lipinski definition) is 2. The molecule has 0 saturated carbocycles. The quantitative estimate of drug-likeness (QED) is 0.853. The molecule has 0 aliphatic heterocycles. The SMILES string of the molecule is CNCc1cc(F)ccc1-c1ccncc1. The number of nitrogens with one attached hydrogen (secondary N) is 1. The first-order valence-electron chi connectivity index (χ1n) is 5.14. The summed E-state index contributed by atoms with van der Waals surface area (Å²) in [5.41, 5.74) is 3.05. The lowest BCUT2D eigenvalue weighted by Crippen LogP contribution is -2.06. The summed E-state index contributed by atoms with van der Waals surface area (Å²) in [7, 11) is 1.85. The number of rotatable bonds is 3. The zero-order chi connectivity index (χ0) is 11.4. The van der Waals surface area contributed by atoms with Gasteiger partial charge in [-0.25, -0.2) is 4.39 Å². The number of benzene rings is 1. The third kappa shape index (κ3) is 2.25. The lowest BCUT2D eigenvalue weighted by molar-refractivity contribution is 0.624. The average Bonchev–Trinajstić information content (AvgIpc) is 2.31. The first-order chi connectivity index (χ1) is 7.81. The predicted octanol–water partition coefficient (Wildman–Crippen LogP) is 2.61. The van der Waals surface area contributed by atoms with E-state index in [1.54, 1.807) is 24.5 Å². The van der Waals surface area contributed by atoms with Crippen LogP contribution in [0.25, 0.3) is 11.1 Å². The molecule has 2 aromatic rings. The topological polar surface area (TPSA) is 24.9 Å². The molecule has 16 heavy (non-hydrogen) atoms. The molecule has 2 rings (SSSR count). The van der Waals surface area contributed by atoms with Gasteiger partial charge in [0.15, 0.2) is 0 Å². The number of nitrogens with zero attached hydrogens (tertiary/aromatic N) is 1. The highest BCUT2D eigenvalue weighted by molar-refractivity contribution is 5.66. The van der Waals surface area contributed by atoms with Gasteiger partial charge < -0.3 is 5.32 Å². The first kappa shape index (κ1) is 10.8. The summed E-state index contributed by atoms with van der Waals surface area (Å²) in [5, 5.41) is 3.04. The Morgan fingerprint density at radius 1 is 1.19 bits per heavy atom. The van der Waals surface area contributed by atoms with E-state index < -0.39 is 0 Å². The van der Waals surface area contributed by atoms with Crippen LogP contribution in [0.15, 0.2) is 42.7 Å². The molecule has 0 atom stereocenters. The molecular weight excluding hydrogens is 203 g/mol. The van der Waals surface area contributed by atoms with Crippen LogP contribution in [0.5, 0.6) is 0 Å². The van der Waals surface area contributed by atoms with E-state index in [1.807, 2.05) is 19.2 Å². The molecule has 0 unspecified atom stereocenters. The van der Waals surface area contributed by atoms with Crippen LogP contribution in [0.1, 0.15) is 5.56 Å². The third-order valence-electron chi connectivity index (χ3n) is 2.43. The van der Waals surface area contributed by atoms with E-state index in [4.69, 9.17) is 0 Å². The normalized spacial score (nSPS) is 10.4. The fourth-order valence-corrected chi connectivity index (χ4v) is 1.71. The smallest absolute Gasteiger partial charge is 0.123 e. The van der Waals surface area contributed by atoms with Gasteiger partial charge in [0, 0.05) is 18.9 Å². The molecule has 0 amide bonds. The van der Waals surface area contributed by atoms with Crippen molar-refractivity contribution >= 4 is 0 Å². The van der Waals surface area contributed by atoms with Gasteiger partial charge in [0.25, 0.3) is 0 Å². The molecule has 82 valence electrons. The number of halogens is 1. The highest BCUT2D eigenvalue weighted by Gasteiger charge is 2.05. The minimum atomic E-state index is -0.206. The van der Waals surface area contributed by atoms with Crippen molar-refractivity contribution in [1.82, 2.24) is 10.3 Å². The molecule has 2 nitrogen and oxygen atoms in total. The van der Waals surface area contributed by atoms with E-state index in [1.165, 1.54) is 6.07 Å². The predicted molar refractivity (Wildman–Crippen MR) is 62.4 cm³/mol. The Balaban J connectivity index is 2.48. The molecule has 0 radical (unpaired) electrons. The third-order valence-corrected chi connectivity index (χ3v) is 2.43. The Bertz CT molecular complexity index is 469. The molecule has 3 heteroatoms. The van der Waals surface area contributed by atoms with Gasteiger partial charge in [0.2, 0.25) is 0 Å². The van der Waals surface area contributed by atoms with Crippen molar-refractivity contribution < 1.29 is 4.39 Å². The second kappa shape index (κ2) is 4.86. The van der Waals surface area contributed by atoms with Crippen LogP contribution in [0.3, 0.4) is 0 Å². The van der Waals surface area contributed by atoms with E-state index in [0.29, 0.717) is 6.54 Å². The van der Waals surface area contributed by atoms with E-state index >= 15 is 0 Å². The Kier molecular flexibility index (Phi) is 3.27. The maximum Gasteiger partial charge on any atom is 0.123 e. The Hall–Kier alpha value is -1.74. The minimum Gasteiger partial charge on any atom is -0.316 e. The fraction of sp³-hybridized carbons (Fsp3) is 0.154. The number of pyridine rings is 1. The van der Waals surface area contributed by atoms with E-state index in [-0.39, 0.29) is 5.82 Å². The maximum atomic E-state index is 13.1. The van der Waals surface area contributed by atoms with Crippen molar-refractivity contribution in [2.24, 2.45) is 0 Å². The van der Waals surface area contributed by atoms with Gasteiger partial charge in [0.1, 0.15) is 5.82 Å². The monoisotopic (exact) mass is 216 g/mol. The zero-order valence-corrected chi connectivity index (χ0v) is 9.07.